The van der Waals surface area contributed by atoms with Crippen LogP contribution < -0.4 is 11.1 Å². The van der Waals surface area contributed by atoms with Gasteiger partial charge in [-0.25, -0.2) is 4.98 Å². The first-order valence-corrected chi connectivity index (χ1v) is 8.04. The third-order valence-corrected chi connectivity index (χ3v) is 4.03. The lowest BCUT2D eigenvalue weighted by Crippen LogP contribution is -2.23. The van der Waals surface area contributed by atoms with Gasteiger partial charge in [0, 0.05) is 16.7 Å². The van der Waals surface area contributed by atoms with Gasteiger partial charge in [-0.3, -0.25) is 0 Å². The molecule has 0 saturated carbocycles. The lowest BCUT2D eigenvalue weighted by atomic mass is 9.99. The third-order valence-electron chi connectivity index (χ3n) is 3.08. The number of nitrogens with one attached hydrogen (secondary N) is 1. The molecular formula is C15H18ClN3S. The zero-order chi connectivity index (χ0) is 14.5. The summed E-state index contributed by atoms with van der Waals surface area (Å²) in [6.45, 7) is 2.90. The molecule has 1 atom stereocenters. The smallest absolute Gasteiger partial charge is 0.128 e. The Balaban J connectivity index is 2.41. The van der Waals surface area contributed by atoms with Crippen molar-refractivity contribution in [3.63, 3.8) is 0 Å². The molecule has 0 bridgehead atoms. The summed E-state index contributed by atoms with van der Waals surface area (Å²) in [5.74, 6) is 0.509. The van der Waals surface area contributed by atoms with Crippen molar-refractivity contribution in [2.24, 2.45) is 0 Å². The fourth-order valence-electron chi connectivity index (χ4n) is 2.10. The molecule has 2 aromatic rings. The number of nitrogens with two attached hydrogens (primary N) is 1. The molecular weight excluding hydrogens is 290 g/mol. The molecule has 1 unspecified atom stereocenters. The summed E-state index contributed by atoms with van der Waals surface area (Å²) in [4.78, 5) is 5.38. The van der Waals surface area contributed by atoms with Crippen LogP contribution in [0.25, 0.3) is 0 Å². The quantitative estimate of drug-likeness (QED) is 0.826. The van der Waals surface area contributed by atoms with E-state index in [-0.39, 0.29) is 6.04 Å². The Hall–Kier alpha value is -1.23. The summed E-state index contributed by atoms with van der Waals surface area (Å²) in [7, 11) is 0. The van der Waals surface area contributed by atoms with Crippen molar-refractivity contribution in [2.45, 2.75) is 17.9 Å². The Bertz CT molecular complexity index is 572. The predicted molar refractivity (Wildman–Crippen MR) is 87.4 cm³/mol. The number of aromatic nitrogens is 1. The second-order valence-electron chi connectivity index (χ2n) is 4.39. The minimum absolute atomic E-state index is 0.00195. The molecule has 20 heavy (non-hydrogen) atoms. The number of hydrogen-bond acceptors (Lipinski definition) is 4. The molecule has 3 nitrogen and oxygen atoms in total. The van der Waals surface area contributed by atoms with Gasteiger partial charge in [-0.15, -0.1) is 11.8 Å². The molecule has 1 heterocycles. The molecule has 1 aromatic heterocycles. The van der Waals surface area contributed by atoms with Crippen LogP contribution in [-0.2, 0) is 0 Å². The van der Waals surface area contributed by atoms with Crippen molar-refractivity contribution in [1.82, 2.24) is 10.3 Å². The van der Waals surface area contributed by atoms with Gasteiger partial charge in [0.05, 0.1) is 11.1 Å². The second-order valence-corrected chi connectivity index (χ2v) is 5.71. The number of pyridine rings is 1. The molecule has 0 radical (unpaired) electrons. The van der Waals surface area contributed by atoms with Crippen molar-refractivity contribution < 1.29 is 0 Å². The second kappa shape index (κ2) is 6.97. The van der Waals surface area contributed by atoms with E-state index >= 15 is 0 Å². The van der Waals surface area contributed by atoms with Gasteiger partial charge in [0.1, 0.15) is 5.82 Å². The number of thioether (sulfide) groups is 1. The van der Waals surface area contributed by atoms with Crippen molar-refractivity contribution in [3.05, 3.63) is 52.7 Å². The van der Waals surface area contributed by atoms with E-state index in [2.05, 4.69) is 47.7 Å². The molecule has 0 aliphatic rings. The Kier molecular flexibility index (Phi) is 5.29. The van der Waals surface area contributed by atoms with E-state index in [0.29, 0.717) is 10.8 Å². The number of nitrogens with zero attached hydrogens (tertiary/aromatic N) is 1. The maximum Gasteiger partial charge on any atom is 0.128 e. The van der Waals surface area contributed by atoms with E-state index < -0.39 is 0 Å². The van der Waals surface area contributed by atoms with Crippen LogP contribution in [0.2, 0.25) is 5.02 Å². The van der Waals surface area contributed by atoms with E-state index in [9.17, 15) is 0 Å². The standard InChI is InChI=1S/C15H18ClN3S/c1-3-18-14(10-4-6-12(20-2)7-5-10)13-8-11(16)9-19-15(13)17/h4-9,14,18H,3H2,1-2H3,(H2,17,19). The zero-order valence-corrected chi connectivity index (χ0v) is 13.1. The lowest BCUT2D eigenvalue weighted by Gasteiger charge is -2.20. The first-order valence-electron chi connectivity index (χ1n) is 6.44. The van der Waals surface area contributed by atoms with Gasteiger partial charge in [-0.05, 0) is 36.6 Å². The fraction of sp³-hybridized carbons (Fsp3) is 0.267. The largest absolute Gasteiger partial charge is 0.383 e. The Morgan fingerprint density at radius 1 is 1.35 bits per heavy atom. The average molecular weight is 308 g/mol. The molecule has 0 amide bonds. The molecule has 0 spiro atoms. The van der Waals surface area contributed by atoms with Crippen LogP contribution in [0.3, 0.4) is 0 Å². The van der Waals surface area contributed by atoms with E-state index in [1.54, 1.807) is 18.0 Å². The van der Waals surface area contributed by atoms with Crippen LogP contribution in [0.1, 0.15) is 24.1 Å². The summed E-state index contributed by atoms with van der Waals surface area (Å²) in [6.07, 6.45) is 3.63. The van der Waals surface area contributed by atoms with Crippen molar-refractivity contribution in [3.8, 4) is 0 Å². The number of halogens is 1. The van der Waals surface area contributed by atoms with E-state index in [1.165, 1.54) is 4.90 Å². The Labute approximate surface area is 128 Å². The van der Waals surface area contributed by atoms with Gasteiger partial charge in [0.2, 0.25) is 0 Å². The van der Waals surface area contributed by atoms with Gasteiger partial charge < -0.3 is 11.1 Å². The summed E-state index contributed by atoms with van der Waals surface area (Å²) in [5, 5.41) is 4.03. The minimum Gasteiger partial charge on any atom is -0.383 e. The molecule has 1 aromatic carbocycles. The van der Waals surface area contributed by atoms with E-state index in [4.69, 9.17) is 17.3 Å². The van der Waals surface area contributed by atoms with Crippen LogP contribution in [0.15, 0.2) is 41.4 Å². The molecule has 0 aliphatic carbocycles. The van der Waals surface area contributed by atoms with Gasteiger partial charge in [-0.1, -0.05) is 30.7 Å². The molecule has 0 aliphatic heterocycles. The van der Waals surface area contributed by atoms with Gasteiger partial charge in [-0.2, -0.15) is 0 Å². The average Bonchev–Trinajstić information content (AvgIpc) is 2.48. The third kappa shape index (κ3) is 3.45. The first-order chi connectivity index (χ1) is 9.65. The highest BCUT2D eigenvalue weighted by Gasteiger charge is 2.17. The number of hydrogen-bond donors (Lipinski definition) is 2. The highest BCUT2D eigenvalue weighted by Crippen LogP contribution is 2.29. The van der Waals surface area contributed by atoms with Crippen LogP contribution in [0.4, 0.5) is 5.82 Å². The van der Waals surface area contributed by atoms with E-state index in [1.807, 2.05) is 6.07 Å². The summed E-state index contributed by atoms with van der Waals surface area (Å²) in [5.41, 5.74) is 8.07. The minimum atomic E-state index is 0.00195. The highest BCUT2D eigenvalue weighted by molar-refractivity contribution is 7.98. The summed E-state index contributed by atoms with van der Waals surface area (Å²) >= 11 is 7.77. The molecule has 0 saturated heterocycles. The Morgan fingerprint density at radius 3 is 2.65 bits per heavy atom. The van der Waals surface area contributed by atoms with Gasteiger partial charge in [0.15, 0.2) is 0 Å². The van der Waals surface area contributed by atoms with Gasteiger partial charge in [0.25, 0.3) is 0 Å². The van der Waals surface area contributed by atoms with Crippen molar-refractivity contribution in [1.29, 1.82) is 0 Å². The maximum atomic E-state index is 6.05. The molecule has 106 valence electrons. The topological polar surface area (TPSA) is 50.9 Å². The molecule has 3 N–H and O–H groups in total. The molecule has 0 fully saturated rings. The molecule has 5 heteroatoms. The number of anilines is 1. The monoisotopic (exact) mass is 307 g/mol. The van der Waals surface area contributed by atoms with E-state index in [0.717, 1.165) is 17.7 Å². The van der Waals surface area contributed by atoms with Crippen molar-refractivity contribution in [2.75, 3.05) is 18.5 Å². The number of benzene rings is 1. The van der Waals surface area contributed by atoms with Crippen molar-refractivity contribution >= 4 is 29.2 Å². The SMILES string of the molecule is CCNC(c1ccc(SC)cc1)c1cc(Cl)cnc1N. The first kappa shape index (κ1) is 15.2. The fourth-order valence-corrected chi connectivity index (χ4v) is 2.68. The van der Waals surface area contributed by atoms with Crippen LogP contribution in [-0.4, -0.2) is 17.8 Å². The normalized spacial score (nSPS) is 12.3. The highest BCUT2D eigenvalue weighted by atomic mass is 35.5. The summed E-state index contributed by atoms with van der Waals surface area (Å²) < 4.78 is 0. The van der Waals surface area contributed by atoms with Gasteiger partial charge >= 0.3 is 0 Å². The number of nitrogen functional groups attached to an aromatic ring is 1. The van der Waals surface area contributed by atoms with Crippen LogP contribution in [0.5, 0.6) is 0 Å². The van der Waals surface area contributed by atoms with Crippen LogP contribution in [0, 0.1) is 0 Å². The Morgan fingerprint density at radius 2 is 2.05 bits per heavy atom. The lowest BCUT2D eigenvalue weighted by molar-refractivity contribution is 0.630. The zero-order valence-electron chi connectivity index (χ0n) is 11.6. The van der Waals surface area contributed by atoms with Crippen LogP contribution >= 0.6 is 23.4 Å². The predicted octanol–water partition coefficient (Wildman–Crippen LogP) is 3.74. The maximum absolute atomic E-state index is 6.05. The summed E-state index contributed by atoms with van der Waals surface area (Å²) in [6, 6.07) is 10.3. The number of rotatable bonds is 5. The molecule has 2 rings (SSSR count).